The fraction of sp³-hybridized carbons (Fsp3) is 0.867. The molecule has 2 amide bonds. The van der Waals surface area contributed by atoms with Crippen molar-refractivity contribution in [2.75, 3.05) is 19.8 Å². The molecular formula is C15H26N2O3. The number of nitrogens with one attached hydrogen (secondary N) is 1. The van der Waals surface area contributed by atoms with Crippen molar-refractivity contribution in [2.24, 2.45) is 11.8 Å². The maximum Gasteiger partial charge on any atom is 0.245 e. The molecule has 2 fully saturated rings. The molecular weight excluding hydrogens is 256 g/mol. The lowest BCUT2D eigenvalue weighted by Crippen LogP contribution is -2.61. The summed E-state index contributed by atoms with van der Waals surface area (Å²) in [5.74, 6) is 0.882. The van der Waals surface area contributed by atoms with E-state index >= 15 is 0 Å². The van der Waals surface area contributed by atoms with Gasteiger partial charge in [-0.05, 0) is 38.0 Å². The highest BCUT2D eigenvalue weighted by Gasteiger charge is 2.37. The van der Waals surface area contributed by atoms with Crippen LogP contribution in [0.2, 0.25) is 0 Å². The van der Waals surface area contributed by atoms with Gasteiger partial charge < -0.3 is 15.0 Å². The number of amides is 2. The molecule has 0 bridgehead atoms. The van der Waals surface area contributed by atoms with Crippen molar-refractivity contribution in [3.05, 3.63) is 0 Å². The van der Waals surface area contributed by atoms with Crippen molar-refractivity contribution in [3.8, 4) is 0 Å². The van der Waals surface area contributed by atoms with Gasteiger partial charge in [0, 0.05) is 19.3 Å². The summed E-state index contributed by atoms with van der Waals surface area (Å²) in [6.45, 7) is 7.93. The molecule has 5 nitrogen and oxygen atoms in total. The molecule has 2 heterocycles. The van der Waals surface area contributed by atoms with Crippen molar-refractivity contribution in [1.82, 2.24) is 10.2 Å². The zero-order valence-corrected chi connectivity index (χ0v) is 12.7. The van der Waals surface area contributed by atoms with Crippen molar-refractivity contribution < 1.29 is 14.3 Å². The highest BCUT2D eigenvalue weighted by Crippen LogP contribution is 2.25. The van der Waals surface area contributed by atoms with Gasteiger partial charge in [-0.15, -0.1) is 0 Å². The number of hydrogen-bond acceptors (Lipinski definition) is 3. The summed E-state index contributed by atoms with van der Waals surface area (Å²) in [4.78, 5) is 26.2. The first kappa shape index (κ1) is 15.3. The Balaban J connectivity index is 2.04. The van der Waals surface area contributed by atoms with Crippen LogP contribution in [0.1, 0.15) is 40.0 Å². The van der Waals surface area contributed by atoms with Crippen LogP contribution in [0.25, 0.3) is 0 Å². The van der Waals surface area contributed by atoms with Crippen molar-refractivity contribution in [1.29, 1.82) is 0 Å². The van der Waals surface area contributed by atoms with Gasteiger partial charge in [-0.3, -0.25) is 9.59 Å². The monoisotopic (exact) mass is 282 g/mol. The number of ether oxygens (including phenoxy) is 1. The summed E-state index contributed by atoms with van der Waals surface area (Å²) in [5.41, 5.74) is 0. The zero-order valence-electron chi connectivity index (χ0n) is 12.7. The number of nitrogens with zero attached hydrogens (tertiary/aromatic N) is 1. The number of carbonyl (C=O) groups excluding carboxylic acids is 2. The summed E-state index contributed by atoms with van der Waals surface area (Å²) in [6.07, 6.45) is 2.66. The molecule has 0 aromatic heterocycles. The number of piperazine rings is 1. The van der Waals surface area contributed by atoms with Crippen LogP contribution in [0.3, 0.4) is 0 Å². The van der Waals surface area contributed by atoms with E-state index in [9.17, 15) is 9.59 Å². The molecule has 5 heteroatoms. The van der Waals surface area contributed by atoms with Crippen LogP contribution in [-0.2, 0) is 14.3 Å². The van der Waals surface area contributed by atoms with E-state index in [4.69, 9.17) is 4.74 Å². The van der Waals surface area contributed by atoms with Gasteiger partial charge in [-0.25, -0.2) is 0 Å². The normalized spacial score (nSPS) is 26.8. The van der Waals surface area contributed by atoms with Crippen LogP contribution in [0.15, 0.2) is 0 Å². The molecule has 114 valence electrons. The van der Waals surface area contributed by atoms with Crippen LogP contribution in [0.5, 0.6) is 0 Å². The second kappa shape index (κ2) is 6.57. The quantitative estimate of drug-likeness (QED) is 0.842. The van der Waals surface area contributed by atoms with E-state index in [2.05, 4.69) is 26.1 Å². The Morgan fingerprint density at radius 1 is 1.25 bits per heavy atom. The Bertz CT molecular complexity index is 364. The van der Waals surface area contributed by atoms with E-state index in [0.29, 0.717) is 18.3 Å². The van der Waals surface area contributed by atoms with Gasteiger partial charge in [-0.1, -0.05) is 13.8 Å². The summed E-state index contributed by atoms with van der Waals surface area (Å²) >= 11 is 0. The van der Waals surface area contributed by atoms with Crippen molar-refractivity contribution in [3.63, 3.8) is 0 Å². The van der Waals surface area contributed by atoms with Crippen molar-refractivity contribution >= 4 is 11.8 Å². The van der Waals surface area contributed by atoms with E-state index in [1.165, 1.54) is 0 Å². The highest BCUT2D eigenvalue weighted by molar-refractivity contribution is 5.95. The second-order valence-electron chi connectivity index (χ2n) is 6.41. The first-order valence-corrected chi connectivity index (χ1v) is 7.66. The standard InChI is InChI=1S/C15H26N2O3/c1-10(2)8-13-15(19)17(9-14(18)16-13)11(3)12-4-6-20-7-5-12/h10-13H,4-9H2,1-3H3,(H,16,18). The third-order valence-electron chi connectivity index (χ3n) is 4.38. The van der Waals surface area contributed by atoms with Gasteiger partial charge in [0.05, 0.1) is 6.54 Å². The van der Waals surface area contributed by atoms with Crippen molar-refractivity contribution in [2.45, 2.75) is 52.1 Å². The van der Waals surface area contributed by atoms with Gasteiger partial charge in [0.2, 0.25) is 11.8 Å². The number of rotatable bonds is 4. The Hall–Kier alpha value is -1.10. The average molecular weight is 282 g/mol. The molecule has 0 radical (unpaired) electrons. The minimum Gasteiger partial charge on any atom is -0.381 e. The summed E-state index contributed by atoms with van der Waals surface area (Å²) in [6, 6.07) is -0.231. The molecule has 0 spiro atoms. The van der Waals surface area contributed by atoms with Crippen LogP contribution >= 0.6 is 0 Å². The van der Waals surface area contributed by atoms with Gasteiger partial charge in [0.15, 0.2) is 0 Å². The smallest absolute Gasteiger partial charge is 0.245 e. The fourth-order valence-electron chi connectivity index (χ4n) is 3.16. The largest absolute Gasteiger partial charge is 0.381 e. The summed E-state index contributed by atoms with van der Waals surface area (Å²) in [7, 11) is 0. The van der Waals surface area contributed by atoms with Gasteiger partial charge >= 0.3 is 0 Å². The molecule has 0 aromatic carbocycles. The molecule has 2 unspecified atom stereocenters. The van der Waals surface area contributed by atoms with Gasteiger partial charge in [-0.2, -0.15) is 0 Å². The minimum atomic E-state index is -0.349. The van der Waals surface area contributed by atoms with Crippen LogP contribution < -0.4 is 5.32 Å². The summed E-state index contributed by atoms with van der Waals surface area (Å²) < 4.78 is 5.38. The molecule has 0 aromatic rings. The van der Waals surface area contributed by atoms with Crippen LogP contribution in [0, 0.1) is 11.8 Å². The molecule has 2 atom stereocenters. The molecule has 2 aliphatic rings. The lowest BCUT2D eigenvalue weighted by Gasteiger charge is -2.41. The number of carbonyl (C=O) groups is 2. The summed E-state index contributed by atoms with van der Waals surface area (Å²) in [5, 5.41) is 2.83. The van der Waals surface area contributed by atoms with Crippen LogP contribution in [0.4, 0.5) is 0 Å². The van der Waals surface area contributed by atoms with Gasteiger partial charge in [0.25, 0.3) is 0 Å². The number of hydrogen-bond donors (Lipinski definition) is 1. The van der Waals surface area contributed by atoms with E-state index in [1.807, 2.05) is 0 Å². The maximum absolute atomic E-state index is 12.6. The predicted molar refractivity (Wildman–Crippen MR) is 76.1 cm³/mol. The fourth-order valence-corrected chi connectivity index (χ4v) is 3.16. The van der Waals surface area contributed by atoms with Crippen LogP contribution in [-0.4, -0.2) is 48.6 Å². The molecule has 1 N–H and O–H groups in total. The molecule has 2 saturated heterocycles. The third kappa shape index (κ3) is 3.51. The molecule has 20 heavy (non-hydrogen) atoms. The minimum absolute atomic E-state index is 0.0332. The zero-order chi connectivity index (χ0) is 14.7. The maximum atomic E-state index is 12.6. The Kier molecular flexibility index (Phi) is 5.02. The lowest BCUT2D eigenvalue weighted by molar-refractivity contribution is -0.148. The molecule has 0 aliphatic carbocycles. The predicted octanol–water partition coefficient (Wildman–Crippen LogP) is 1.17. The average Bonchev–Trinajstić information content (AvgIpc) is 2.42. The molecule has 2 rings (SSSR count). The topological polar surface area (TPSA) is 58.6 Å². The first-order valence-electron chi connectivity index (χ1n) is 7.66. The Morgan fingerprint density at radius 3 is 2.50 bits per heavy atom. The first-order chi connectivity index (χ1) is 9.49. The Labute approximate surface area is 121 Å². The Morgan fingerprint density at radius 2 is 1.90 bits per heavy atom. The molecule has 2 aliphatic heterocycles. The SMILES string of the molecule is CC(C)CC1NC(=O)CN(C(C)C2CCOCC2)C1=O. The van der Waals surface area contributed by atoms with E-state index < -0.39 is 0 Å². The lowest BCUT2D eigenvalue weighted by atomic mass is 9.90. The second-order valence-corrected chi connectivity index (χ2v) is 6.41. The molecule has 0 saturated carbocycles. The third-order valence-corrected chi connectivity index (χ3v) is 4.38. The van der Waals surface area contributed by atoms with Gasteiger partial charge in [0.1, 0.15) is 6.04 Å². The van der Waals surface area contributed by atoms with E-state index in [1.54, 1.807) is 4.90 Å². The highest BCUT2D eigenvalue weighted by atomic mass is 16.5. The van der Waals surface area contributed by atoms with E-state index in [0.717, 1.165) is 26.1 Å². The van der Waals surface area contributed by atoms with E-state index in [-0.39, 0.29) is 30.4 Å².